The maximum atomic E-state index is 12.2. The quantitative estimate of drug-likeness (QED) is 0.807. The summed E-state index contributed by atoms with van der Waals surface area (Å²) in [5.74, 6) is 0.0633. The number of hydrogen-bond acceptors (Lipinski definition) is 4. The standard InChI is InChI=1S/C15H14ClN5O/c1-20(2)11-3-4-14-18-12(9-21(14)8-11)15(22)19-13-7-10(16)5-6-17-13/h3-9H,1-2H3,(H,17,19,22). The van der Waals surface area contributed by atoms with Crippen LogP contribution in [0.4, 0.5) is 11.5 Å². The number of nitrogens with zero attached hydrogens (tertiary/aromatic N) is 4. The van der Waals surface area contributed by atoms with Gasteiger partial charge >= 0.3 is 0 Å². The third kappa shape index (κ3) is 2.87. The molecule has 1 amide bonds. The van der Waals surface area contributed by atoms with E-state index in [4.69, 9.17) is 11.6 Å². The van der Waals surface area contributed by atoms with Gasteiger partial charge in [-0.25, -0.2) is 9.97 Å². The zero-order valence-electron chi connectivity index (χ0n) is 12.1. The highest BCUT2D eigenvalue weighted by Crippen LogP contribution is 2.16. The van der Waals surface area contributed by atoms with Crippen LogP contribution in [0.2, 0.25) is 5.02 Å². The van der Waals surface area contributed by atoms with Crippen LogP contribution in [-0.4, -0.2) is 34.4 Å². The van der Waals surface area contributed by atoms with E-state index in [2.05, 4.69) is 15.3 Å². The summed E-state index contributed by atoms with van der Waals surface area (Å²) in [5, 5.41) is 3.19. The number of anilines is 2. The summed E-state index contributed by atoms with van der Waals surface area (Å²) in [6.45, 7) is 0. The van der Waals surface area contributed by atoms with Gasteiger partial charge in [-0.2, -0.15) is 0 Å². The Morgan fingerprint density at radius 1 is 1.27 bits per heavy atom. The zero-order valence-corrected chi connectivity index (χ0v) is 12.9. The fourth-order valence-corrected chi connectivity index (χ4v) is 2.17. The van der Waals surface area contributed by atoms with Crippen molar-refractivity contribution in [2.75, 3.05) is 24.3 Å². The summed E-state index contributed by atoms with van der Waals surface area (Å²) in [4.78, 5) is 22.6. The molecule has 0 radical (unpaired) electrons. The first-order valence-corrected chi connectivity index (χ1v) is 7.00. The van der Waals surface area contributed by atoms with Gasteiger partial charge in [0, 0.05) is 37.7 Å². The van der Waals surface area contributed by atoms with E-state index in [0.29, 0.717) is 22.2 Å². The number of nitrogens with one attached hydrogen (secondary N) is 1. The van der Waals surface area contributed by atoms with Crippen LogP contribution >= 0.6 is 11.6 Å². The molecule has 0 aliphatic carbocycles. The van der Waals surface area contributed by atoms with Gasteiger partial charge < -0.3 is 14.6 Å². The molecule has 0 unspecified atom stereocenters. The highest BCUT2D eigenvalue weighted by Gasteiger charge is 2.12. The fraction of sp³-hybridized carbons (Fsp3) is 0.133. The Balaban J connectivity index is 1.88. The Morgan fingerprint density at radius 3 is 2.82 bits per heavy atom. The highest BCUT2D eigenvalue weighted by molar-refractivity contribution is 6.30. The number of carbonyl (C=O) groups is 1. The number of halogens is 1. The third-order valence-electron chi connectivity index (χ3n) is 3.15. The van der Waals surface area contributed by atoms with E-state index >= 15 is 0 Å². The van der Waals surface area contributed by atoms with Crippen LogP contribution in [0.25, 0.3) is 5.65 Å². The van der Waals surface area contributed by atoms with Crippen molar-refractivity contribution in [3.63, 3.8) is 0 Å². The molecular weight excluding hydrogens is 302 g/mol. The molecular formula is C15H14ClN5O. The first-order valence-electron chi connectivity index (χ1n) is 6.62. The van der Waals surface area contributed by atoms with E-state index in [1.807, 2.05) is 41.7 Å². The largest absolute Gasteiger partial charge is 0.376 e. The normalized spacial score (nSPS) is 10.7. The molecule has 0 aliphatic rings. The van der Waals surface area contributed by atoms with Gasteiger partial charge in [0.05, 0.1) is 5.69 Å². The molecule has 0 fully saturated rings. The van der Waals surface area contributed by atoms with Crippen LogP contribution in [-0.2, 0) is 0 Å². The number of hydrogen-bond donors (Lipinski definition) is 1. The van der Waals surface area contributed by atoms with Crippen molar-refractivity contribution in [2.24, 2.45) is 0 Å². The number of amides is 1. The minimum atomic E-state index is -0.329. The zero-order chi connectivity index (χ0) is 15.7. The lowest BCUT2D eigenvalue weighted by atomic mass is 10.4. The van der Waals surface area contributed by atoms with E-state index in [1.54, 1.807) is 18.3 Å². The lowest BCUT2D eigenvalue weighted by molar-refractivity contribution is 0.102. The first kappa shape index (κ1) is 14.3. The maximum Gasteiger partial charge on any atom is 0.277 e. The molecule has 22 heavy (non-hydrogen) atoms. The average molecular weight is 316 g/mol. The third-order valence-corrected chi connectivity index (χ3v) is 3.38. The second-order valence-electron chi connectivity index (χ2n) is 4.99. The molecule has 7 heteroatoms. The van der Waals surface area contributed by atoms with Crippen molar-refractivity contribution >= 4 is 34.7 Å². The number of aromatic nitrogens is 3. The predicted octanol–water partition coefficient (Wildman–Crippen LogP) is 2.70. The van der Waals surface area contributed by atoms with Crippen LogP contribution < -0.4 is 10.2 Å². The van der Waals surface area contributed by atoms with Gasteiger partial charge in [-0.05, 0) is 24.3 Å². The van der Waals surface area contributed by atoms with Gasteiger partial charge in [0.1, 0.15) is 17.2 Å². The Kier molecular flexibility index (Phi) is 3.68. The predicted molar refractivity (Wildman–Crippen MR) is 86.7 cm³/mol. The van der Waals surface area contributed by atoms with Gasteiger partial charge in [0.25, 0.3) is 5.91 Å². The molecule has 112 valence electrons. The second-order valence-corrected chi connectivity index (χ2v) is 5.42. The topological polar surface area (TPSA) is 62.5 Å². The molecule has 0 saturated carbocycles. The van der Waals surface area contributed by atoms with Crippen molar-refractivity contribution in [1.29, 1.82) is 0 Å². The Morgan fingerprint density at radius 2 is 2.09 bits per heavy atom. The summed E-state index contributed by atoms with van der Waals surface area (Å²) in [7, 11) is 3.91. The fourth-order valence-electron chi connectivity index (χ4n) is 2.01. The number of pyridine rings is 2. The molecule has 6 nitrogen and oxygen atoms in total. The Hall–Kier alpha value is -2.60. The van der Waals surface area contributed by atoms with Crippen LogP contribution in [0.5, 0.6) is 0 Å². The van der Waals surface area contributed by atoms with E-state index in [0.717, 1.165) is 5.69 Å². The minimum Gasteiger partial charge on any atom is -0.376 e. The molecule has 3 aromatic heterocycles. The van der Waals surface area contributed by atoms with Crippen LogP contribution in [0.15, 0.2) is 42.9 Å². The second kappa shape index (κ2) is 5.65. The lowest BCUT2D eigenvalue weighted by Crippen LogP contribution is -2.13. The SMILES string of the molecule is CN(C)c1ccc2nc(C(=O)Nc3cc(Cl)ccn3)cn2c1. The Bertz CT molecular complexity index is 843. The number of carbonyl (C=O) groups excluding carboxylic acids is 1. The molecule has 3 heterocycles. The van der Waals surface area contributed by atoms with E-state index in [9.17, 15) is 4.79 Å². The summed E-state index contributed by atoms with van der Waals surface area (Å²) in [6, 6.07) is 7.04. The van der Waals surface area contributed by atoms with Crippen LogP contribution in [0.1, 0.15) is 10.5 Å². The smallest absolute Gasteiger partial charge is 0.277 e. The number of rotatable bonds is 3. The van der Waals surface area contributed by atoms with Crippen LogP contribution in [0, 0.1) is 0 Å². The van der Waals surface area contributed by atoms with Crippen molar-refractivity contribution in [3.8, 4) is 0 Å². The number of imidazole rings is 1. The molecule has 0 aliphatic heterocycles. The minimum absolute atomic E-state index is 0.317. The van der Waals surface area contributed by atoms with Gasteiger partial charge in [0.2, 0.25) is 0 Å². The summed E-state index contributed by atoms with van der Waals surface area (Å²) in [6.07, 6.45) is 5.13. The van der Waals surface area contributed by atoms with Gasteiger partial charge in [-0.15, -0.1) is 0 Å². The summed E-state index contributed by atoms with van der Waals surface area (Å²) >= 11 is 5.87. The summed E-state index contributed by atoms with van der Waals surface area (Å²) in [5.41, 5.74) is 2.04. The van der Waals surface area contributed by atoms with Crippen molar-refractivity contribution in [1.82, 2.24) is 14.4 Å². The van der Waals surface area contributed by atoms with E-state index < -0.39 is 0 Å². The van der Waals surface area contributed by atoms with Crippen molar-refractivity contribution in [3.05, 3.63) is 53.6 Å². The lowest BCUT2D eigenvalue weighted by Gasteiger charge is -2.11. The average Bonchev–Trinajstić information content (AvgIpc) is 2.90. The number of fused-ring (bicyclic) bond motifs is 1. The van der Waals surface area contributed by atoms with Gasteiger partial charge in [0.15, 0.2) is 0 Å². The molecule has 0 aromatic carbocycles. The molecule has 3 rings (SSSR count). The first-order chi connectivity index (χ1) is 10.5. The Labute approximate surface area is 132 Å². The van der Waals surface area contributed by atoms with Gasteiger partial charge in [-0.3, -0.25) is 4.79 Å². The highest BCUT2D eigenvalue weighted by atomic mass is 35.5. The van der Waals surface area contributed by atoms with Gasteiger partial charge in [-0.1, -0.05) is 11.6 Å². The van der Waals surface area contributed by atoms with Crippen molar-refractivity contribution in [2.45, 2.75) is 0 Å². The van der Waals surface area contributed by atoms with E-state index in [1.165, 1.54) is 6.20 Å². The van der Waals surface area contributed by atoms with E-state index in [-0.39, 0.29) is 5.91 Å². The molecule has 1 N–H and O–H groups in total. The summed E-state index contributed by atoms with van der Waals surface area (Å²) < 4.78 is 1.82. The maximum absolute atomic E-state index is 12.2. The van der Waals surface area contributed by atoms with Crippen molar-refractivity contribution < 1.29 is 4.79 Å². The molecule has 0 spiro atoms. The molecule has 0 atom stereocenters. The monoisotopic (exact) mass is 315 g/mol. The molecule has 3 aromatic rings. The molecule has 0 saturated heterocycles. The van der Waals surface area contributed by atoms with Crippen LogP contribution in [0.3, 0.4) is 0 Å². The molecule has 0 bridgehead atoms.